The molecule has 1 rings (SSSR count). The van der Waals surface area contributed by atoms with Crippen molar-refractivity contribution in [3.05, 3.63) is 29.3 Å². The van der Waals surface area contributed by atoms with Gasteiger partial charge in [0.25, 0.3) is 0 Å². The molecule has 2 N–H and O–H groups in total. The molecule has 0 spiro atoms. The number of nitrogens with one attached hydrogen (secondary N) is 2. The molecule has 3 heteroatoms. The smallest absolute Gasteiger partial charge is 0.239 e. The van der Waals surface area contributed by atoms with Crippen molar-refractivity contribution in [3.63, 3.8) is 0 Å². The molecular formula is C15H24N2O. The summed E-state index contributed by atoms with van der Waals surface area (Å²) in [5, 5.41) is 6.23. The third-order valence-corrected chi connectivity index (χ3v) is 3.27. The van der Waals surface area contributed by atoms with Crippen molar-refractivity contribution in [3.8, 4) is 0 Å². The number of anilines is 1. The normalized spacial score (nSPS) is 11.2. The number of carbonyl (C=O) groups excluding carboxylic acids is 1. The second-order valence-corrected chi connectivity index (χ2v) is 5.41. The molecule has 0 bridgehead atoms. The first kappa shape index (κ1) is 14.6. The molecule has 0 unspecified atom stereocenters. The lowest BCUT2D eigenvalue weighted by molar-refractivity contribution is -0.121. The number of carbonyl (C=O) groups is 1. The topological polar surface area (TPSA) is 41.1 Å². The summed E-state index contributed by atoms with van der Waals surface area (Å²) >= 11 is 0. The van der Waals surface area contributed by atoms with Crippen molar-refractivity contribution < 1.29 is 4.79 Å². The Kier molecular flexibility index (Phi) is 4.76. The van der Waals surface area contributed by atoms with Crippen molar-refractivity contribution in [2.24, 2.45) is 0 Å². The Morgan fingerprint density at radius 2 is 1.78 bits per heavy atom. The molecule has 0 fully saturated rings. The van der Waals surface area contributed by atoms with E-state index in [2.05, 4.69) is 17.6 Å². The van der Waals surface area contributed by atoms with E-state index in [-0.39, 0.29) is 11.4 Å². The largest absolute Gasteiger partial charge is 0.376 e. The number of hydrogen-bond acceptors (Lipinski definition) is 2. The third kappa shape index (κ3) is 4.06. The molecule has 0 saturated heterocycles. The molecule has 100 valence electrons. The second-order valence-electron chi connectivity index (χ2n) is 5.41. The molecule has 0 aliphatic heterocycles. The molecule has 1 amide bonds. The molecule has 0 saturated carbocycles. The second kappa shape index (κ2) is 5.89. The predicted octanol–water partition coefficient (Wildman–Crippen LogP) is 3.02. The molecule has 3 nitrogen and oxygen atoms in total. The molecule has 18 heavy (non-hydrogen) atoms. The summed E-state index contributed by atoms with van der Waals surface area (Å²) in [5.41, 5.74) is 3.25. The van der Waals surface area contributed by atoms with Crippen molar-refractivity contribution in [1.29, 1.82) is 0 Å². The first-order chi connectivity index (χ1) is 8.35. The number of aryl methyl sites for hydroxylation is 2. The van der Waals surface area contributed by atoms with Crippen LogP contribution in [-0.4, -0.2) is 18.0 Å². The molecule has 0 heterocycles. The summed E-state index contributed by atoms with van der Waals surface area (Å²) < 4.78 is 0. The SMILES string of the molecule is CCC(C)(C)NC(=O)CNc1c(C)cccc1C. The van der Waals surface area contributed by atoms with Crippen molar-refractivity contribution in [2.45, 2.75) is 46.6 Å². The molecule has 0 aromatic heterocycles. The van der Waals surface area contributed by atoms with Gasteiger partial charge in [-0.25, -0.2) is 0 Å². The minimum Gasteiger partial charge on any atom is -0.376 e. The summed E-state index contributed by atoms with van der Waals surface area (Å²) in [6, 6.07) is 6.11. The average Bonchev–Trinajstić information content (AvgIpc) is 2.28. The van der Waals surface area contributed by atoms with E-state index < -0.39 is 0 Å². The Morgan fingerprint density at radius 3 is 2.28 bits per heavy atom. The van der Waals surface area contributed by atoms with Crippen LogP contribution in [0, 0.1) is 13.8 Å². The lowest BCUT2D eigenvalue weighted by atomic mass is 10.0. The summed E-state index contributed by atoms with van der Waals surface area (Å²) in [4.78, 5) is 11.8. The Bertz CT molecular complexity index is 404. The first-order valence-corrected chi connectivity index (χ1v) is 6.47. The van der Waals surface area contributed by atoms with Crippen LogP contribution < -0.4 is 10.6 Å². The van der Waals surface area contributed by atoms with E-state index in [4.69, 9.17) is 0 Å². The lowest BCUT2D eigenvalue weighted by Gasteiger charge is -2.24. The maximum atomic E-state index is 11.8. The van der Waals surface area contributed by atoms with Gasteiger partial charge >= 0.3 is 0 Å². The molecule has 0 aliphatic rings. The minimum absolute atomic E-state index is 0.0319. The highest BCUT2D eigenvalue weighted by molar-refractivity contribution is 5.81. The van der Waals surface area contributed by atoms with Crippen LogP contribution in [0.5, 0.6) is 0 Å². The monoisotopic (exact) mass is 248 g/mol. The molecule has 1 aromatic carbocycles. The number of hydrogen-bond donors (Lipinski definition) is 2. The van der Waals surface area contributed by atoms with Crippen molar-refractivity contribution >= 4 is 11.6 Å². The van der Waals surface area contributed by atoms with E-state index in [9.17, 15) is 4.79 Å². The fraction of sp³-hybridized carbons (Fsp3) is 0.533. The van der Waals surface area contributed by atoms with E-state index in [0.717, 1.165) is 23.2 Å². The molecule has 0 atom stereocenters. The van der Waals surface area contributed by atoms with Crippen LogP contribution in [0.1, 0.15) is 38.3 Å². The third-order valence-electron chi connectivity index (χ3n) is 3.27. The fourth-order valence-corrected chi connectivity index (χ4v) is 1.77. The van der Waals surface area contributed by atoms with E-state index in [0.29, 0.717) is 6.54 Å². The number of para-hydroxylation sites is 1. The van der Waals surface area contributed by atoms with E-state index in [1.165, 1.54) is 0 Å². The van der Waals surface area contributed by atoms with Gasteiger partial charge in [0.15, 0.2) is 0 Å². The molecular weight excluding hydrogens is 224 g/mol. The van der Waals surface area contributed by atoms with Gasteiger partial charge in [0.1, 0.15) is 0 Å². The minimum atomic E-state index is -0.139. The zero-order valence-corrected chi connectivity index (χ0v) is 12.1. The Labute approximate surface area is 110 Å². The molecule has 0 radical (unpaired) electrons. The van der Waals surface area contributed by atoms with Gasteiger partial charge in [-0.3, -0.25) is 4.79 Å². The maximum absolute atomic E-state index is 11.8. The molecule has 1 aromatic rings. The van der Waals surface area contributed by atoms with Gasteiger partial charge in [-0.1, -0.05) is 25.1 Å². The zero-order chi connectivity index (χ0) is 13.8. The van der Waals surface area contributed by atoms with Gasteiger partial charge < -0.3 is 10.6 Å². The van der Waals surface area contributed by atoms with Crippen molar-refractivity contribution in [2.75, 3.05) is 11.9 Å². The first-order valence-electron chi connectivity index (χ1n) is 6.47. The van der Waals surface area contributed by atoms with Gasteiger partial charge in [-0.15, -0.1) is 0 Å². The van der Waals surface area contributed by atoms with Gasteiger partial charge in [0.05, 0.1) is 6.54 Å². The zero-order valence-electron chi connectivity index (χ0n) is 12.1. The Morgan fingerprint density at radius 1 is 1.22 bits per heavy atom. The van der Waals surface area contributed by atoms with Gasteiger partial charge in [0, 0.05) is 11.2 Å². The van der Waals surface area contributed by atoms with E-state index in [1.54, 1.807) is 0 Å². The van der Waals surface area contributed by atoms with Crippen LogP contribution in [0.2, 0.25) is 0 Å². The van der Waals surface area contributed by atoms with Crippen LogP contribution in [-0.2, 0) is 4.79 Å². The van der Waals surface area contributed by atoms with Gasteiger partial charge in [-0.2, -0.15) is 0 Å². The van der Waals surface area contributed by atoms with E-state index >= 15 is 0 Å². The van der Waals surface area contributed by atoms with Crippen LogP contribution >= 0.6 is 0 Å². The predicted molar refractivity (Wildman–Crippen MR) is 76.9 cm³/mol. The van der Waals surface area contributed by atoms with E-state index in [1.807, 2.05) is 45.9 Å². The highest BCUT2D eigenvalue weighted by atomic mass is 16.2. The van der Waals surface area contributed by atoms with Crippen LogP contribution in [0.15, 0.2) is 18.2 Å². The van der Waals surface area contributed by atoms with Gasteiger partial charge in [-0.05, 0) is 45.2 Å². The number of rotatable bonds is 5. The maximum Gasteiger partial charge on any atom is 0.239 e. The highest BCUT2D eigenvalue weighted by Gasteiger charge is 2.17. The van der Waals surface area contributed by atoms with Crippen LogP contribution in [0.3, 0.4) is 0 Å². The summed E-state index contributed by atoms with van der Waals surface area (Å²) in [5.74, 6) is 0.0319. The summed E-state index contributed by atoms with van der Waals surface area (Å²) in [6.45, 7) is 10.5. The molecule has 0 aliphatic carbocycles. The summed E-state index contributed by atoms with van der Waals surface area (Å²) in [6.07, 6.45) is 0.919. The average molecular weight is 248 g/mol. The number of benzene rings is 1. The van der Waals surface area contributed by atoms with Crippen LogP contribution in [0.4, 0.5) is 5.69 Å². The van der Waals surface area contributed by atoms with Gasteiger partial charge in [0.2, 0.25) is 5.91 Å². The Hall–Kier alpha value is -1.51. The van der Waals surface area contributed by atoms with Crippen LogP contribution in [0.25, 0.3) is 0 Å². The van der Waals surface area contributed by atoms with Crippen molar-refractivity contribution in [1.82, 2.24) is 5.32 Å². The lowest BCUT2D eigenvalue weighted by Crippen LogP contribution is -2.45. The highest BCUT2D eigenvalue weighted by Crippen LogP contribution is 2.18. The standard InChI is InChI=1S/C15H24N2O/c1-6-15(4,5)17-13(18)10-16-14-11(2)8-7-9-12(14)3/h7-9,16H,6,10H2,1-5H3,(H,17,18). The number of amides is 1. The quantitative estimate of drug-likeness (QED) is 0.841. The Balaban J connectivity index is 2.58. The summed E-state index contributed by atoms with van der Waals surface area (Å²) in [7, 11) is 0. The fourth-order valence-electron chi connectivity index (χ4n) is 1.77.